The molecule has 4 aromatic rings. The molecule has 28 heavy (non-hydrogen) atoms. The molecule has 0 saturated heterocycles. The summed E-state index contributed by atoms with van der Waals surface area (Å²) >= 11 is 3.59. The quantitative estimate of drug-likeness (QED) is 0.422. The third-order valence-corrected chi connectivity index (χ3v) is 5.19. The van der Waals surface area contributed by atoms with Crippen molar-refractivity contribution in [2.45, 2.75) is 13.5 Å². The summed E-state index contributed by atoms with van der Waals surface area (Å²) in [6.45, 7) is 2.40. The van der Waals surface area contributed by atoms with Crippen LogP contribution < -0.4 is 10.9 Å². The van der Waals surface area contributed by atoms with Crippen LogP contribution in [0.3, 0.4) is 0 Å². The maximum Gasteiger partial charge on any atom is 0.250 e. The van der Waals surface area contributed by atoms with E-state index in [1.165, 1.54) is 0 Å². The summed E-state index contributed by atoms with van der Waals surface area (Å²) in [5, 5.41) is 13.7. The lowest BCUT2D eigenvalue weighted by molar-refractivity contribution is 0.475. The number of aromatic nitrogens is 2. The Morgan fingerprint density at radius 3 is 2.61 bits per heavy atom. The molecule has 140 valence electrons. The van der Waals surface area contributed by atoms with E-state index >= 15 is 0 Å². The minimum absolute atomic E-state index is 0.0710. The Balaban J connectivity index is 1.62. The van der Waals surface area contributed by atoms with Gasteiger partial charge < -0.3 is 15.4 Å². The second-order valence-corrected chi connectivity index (χ2v) is 7.50. The summed E-state index contributed by atoms with van der Waals surface area (Å²) in [5.41, 5.74) is 4.52. The number of phenols is 1. The van der Waals surface area contributed by atoms with E-state index in [0.717, 1.165) is 37.9 Å². The lowest BCUT2D eigenvalue weighted by Crippen LogP contribution is -2.07. The summed E-state index contributed by atoms with van der Waals surface area (Å²) in [6, 6.07) is 17.0. The van der Waals surface area contributed by atoms with Crippen molar-refractivity contribution in [1.29, 1.82) is 0 Å². The van der Waals surface area contributed by atoms with Gasteiger partial charge in [-0.3, -0.25) is 4.79 Å². The summed E-state index contributed by atoms with van der Waals surface area (Å²) in [5.74, 6) is 1.01. The van der Waals surface area contributed by atoms with E-state index in [0.29, 0.717) is 12.1 Å². The van der Waals surface area contributed by atoms with E-state index in [1.54, 1.807) is 25.3 Å². The maximum atomic E-state index is 11.6. The molecule has 0 fully saturated rings. The lowest BCUT2D eigenvalue weighted by Gasteiger charge is -2.11. The molecular formula is C22H18BrN3O2. The summed E-state index contributed by atoms with van der Waals surface area (Å²) in [6.07, 6.45) is 1.73. The number of aryl methyl sites for hydroxylation is 1. The fourth-order valence-corrected chi connectivity index (χ4v) is 3.49. The molecule has 0 unspecified atom stereocenters. The van der Waals surface area contributed by atoms with Gasteiger partial charge in [-0.15, -0.1) is 0 Å². The Morgan fingerprint density at radius 1 is 1.07 bits per heavy atom. The van der Waals surface area contributed by atoms with Crippen LogP contribution in [0, 0.1) is 6.92 Å². The highest BCUT2D eigenvalue weighted by atomic mass is 79.9. The van der Waals surface area contributed by atoms with Gasteiger partial charge in [-0.2, -0.15) is 0 Å². The van der Waals surface area contributed by atoms with Gasteiger partial charge in [-0.25, -0.2) is 4.98 Å². The van der Waals surface area contributed by atoms with Crippen LogP contribution in [0.2, 0.25) is 0 Å². The number of aromatic amines is 1. The van der Waals surface area contributed by atoms with Gasteiger partial charge >= 0.3 is 0 Å². The van der Waals surface area contributed by atoms with Gasteiger partial charge in [0.1, 0.15) is 11.6 Å². The molecule has 0 radical (unpaired) electrons. The van der Waals surface area contributed by atoms with Crippen LogP contribution in [0.1, 0.15) is 11.1 Å². The van der Waals surface area contributed by atoms with Crippen molar-refractivity contribution in [1.82, 2.24) is 9.97 Å². The molecule has 0 spiro atoms. The molecule has 5 nitrogen and oxygen atoms in total. The van der Waals surface area contributed by atoms with Crippen LogP contribution in [0.4, 0.5) is 5.82 Å². The zero-order valence-electron chi connectivity index (χ0n) is 15.2. The van der Waals surface area contributed by atoms with Gasteiger partial charge in [0, 0.05) is 23.7 Å². The van der Waals surface area contributed by atoms with Gasteiger partial charge in [0.25, 0.3) is 5.56 Å². The van der Waals surface area contributed by atoms with Crippen molar-refractivity contribution < 1.29 is 5.11 Å². The maximum absolute atomic E-state index is 11.6. The topological polar surface area (TPSA) is 78.0 Å². The standard InChI is InChI=1S/C22H18BrN3O2/c1-13-8-17(12-25-22(13)28)15-4-7-20-16(9-15)10-19(23)21(26-20)24-11-14-2-5-18(27)6-3-14/h2-10,12,27H,11H2,1H3,(H,24,26)(H,25,28). The number of hydrogen-bond acceptors (Lipinski definition) is 4. The number of rotatable bonds is 4. The fraction of sp³-hybridized carbons (Fsp3) is 0.0909. The minimum atomic E-state index is -0.0710. The molecule has 0 amide bonds. The molecule has 3 N–H and O–H groups in total. The average Bonchev–Trinajstić information content (AvgIpc) is 2.69. The Kier molecular flexibility index (Phi) is 4.88. The Bertz CT molecular complexity index is 1220. The molecule has 0 saturated carbocycles. The predicted molar refractivity (Wildman–Crippen MR) is 116 cm³/mol. The van der Waals surface area contributed by atoms with Gasteiger partial charge in [0.2, 0.25) is 0 Å². The van der Waals surface area contributed by atoms with Gasteiger partial charge in [-0.1, -0.05) is 18.2 Å². The number of aromatic hydroxyl groups is 1. The van der Waals surface area contributed by atoms with E-state index in [9.17, 15) is 9.90 Å². The van der Waals surface area contributed by atoms with Crippen molar-refractivity contribution in [3.8, 4) is 16.9 Å². The number of anilines is 1. The zero-order chi connectivity index (χ0) is 19.7. The fourth-order valence-electron chi connectivity index (χ4n) is 3.02. The number of fused-ring (bicyclic) bond motifs is 1. The van der Waals surface area contributed by atoms with E-state index in [-0.39, 0.29) is 11.3 Å². The van der Waals surface area contributed by atoms with E-state index in [1.807, 2.05) is 36.4 Å². The molecule has 0 bridgehead atoms. The highest BCUT2D eigenvalue weighted by Crippen LogP contribution is 2.29. The number of halogens is 1. The molecule has 6 heteroatoms. The van der Waals surface area contributed by atoms with Gasteiger partial charge in [-0.05, 0) is 75.9 Å². The summed E-state index contributed by atoms with van der Waals surface area (Å²) in [4.78, 5) is 19.1. The van der Waals surface area contributed by atoms with Crippen LogP contribution in [-0.4, -0.2) is 15.1 Å². The molecule has 0 aliphatic heterocycles. The monoisotopic (exact) mass is 435 g/mol. The molecule has 0 aliphatic rings. The van der Waals surface area contributed by atoms with Crippen molar-refractivity contribution >= 4 is 32.7 Å². The lowest BCUT2D eigenvalue weighted by atomic mass is 10.0. The number of hydrogen-bond donors (Lipinski definition) is 3. The third-order valence-electron chi connectivity index (χ3n) is 4.59. The second kappa shape index (κ2) is 7.48. The highest BCUT2D eigenvalue weighted by Gasteiger charge is 2.07. The first kappa shape index (κ1) is 18.3. The molecule has 0 aliphatic carbocycles. The first-order valence-corrected chi connectivity index (χ1v) is 9.61. The van der Waals surface area contributed by atoms with Crippen molar-refractivity contribution in [2.75, 3.05) is 5.32 Å². The van der Waals surface area contributed by atoms with E-state index in [2.05, 4.69) is 32.3 Å². The molecule has 0 atom stereocenters. The van der Waals surface area contributed by atoms with Crippen molar-refractivity contribution in [2.24, 2.45) is 0 Å². The Morgan fingerprint density at radius 2 is 1.86 bits per heavy atom. The van der Waals surface area contributed by atoms with Gasteiger partial charge in [0.15, 0.2) is 0 Å². The normalized spacial score (nSPS) is 10.9. The van der Waals surface area contributed by atoms with Crippen LogP contribution in [-0.2, 0) is 6.54 Å². The zero-order valence-corrected chi connectivity index (χ0v) is 16.7. The average molecular weight is 436 g/mol. The smallest absolute Gasteiger partial charge is 0.250 e. The van der Waals surface area contributed by atoms with Crippen LogP contribution in [0.15, 0.2) is 70.1 Å². The number of pyridine rings is 2. The first-order valence-electron chi connectivity index (χ1n) is 8.81. The molecular weight excluding hydrogens is 418 g/mol. The van der Waals surface area contributed by atoms with E-state index in [4.69, 9.17) is 4.98 Å². The number of H-pyrrole nitrogens is 1. The SMILES string of the molecule is Cc1cc(-c2ccc3nc(NCc4ccc(O)cc4)c(Br)cc3c2)c[nH]c1=O. The molecule has 4 rings (SSSR count). The van der Waals surface area contributed by atoms with Crippen LogP contribution >= 0.6 is 15.9 Å². The number of benzene rings is 2. The number of phenolic OH excluding ortho intramolecular Hbond substituents is 1. The summed E-state index contributed by atoms with van der Waals surface area (Å²) in [7, 11) is 0. The number of nitrogens with one attached hydrogen (secondary N) is 2. The van der Waals surface area contributed by atoms with Crippen LogP contribution in [0.5, 0.6) is 5.75 Å². The Labute approximate surface area is 170 Å². The first-order chi connectivity index (χ1) is 13.5. The highest BCUT2D eigenvalue weighted by molar-refractivity contribution is 9.10. The van der Waals surface area contributed by atoms with Crippen molar-refractivity contribution in [3.63, 3.8) is 0 Å². The molecule has 2 heterocycles. The molecule has 2 aromatic carbocycles. The predicted octanol–water partition coefficient (Wildman–Crippen LogP) is 4.98. The summed E-state index contributed by atoms with van der Waals surface area (Å²) < 4.78 is 0.869. The minimum Gasteiger partial charge on any atom is -0.508 e. The van der Waals surface area contributed by atoms with Gasteiger partial charge in [0.05, 0.1) is 9.99 Å². The van der Waals surface area contributed by atoms with Crippen molar-refractivity contribution in [3.05, 3.63) is 86.7 Å². The van der Waals surface area contributed by atoms with Crippen LogP contribution in [0.25, 0.3) is 22.0 Å². The number of nitrogens with zero attached hydrogens (tertiary/aromatic N) is 1. The second-order valence-electron chi connectivity index (χ2n) is 6.65. The Hall–Kier alpha value is -3.12. The third kappa shape index (κ3) is 3.77. The molecule has 2 aromatic heterocycles. The van der Waals surface area contributed by atoms with E-state index < -0.39 is 0 Å². The largest absolute Gasteiger partial charge is 0.508 e.